The smallest absolute Gasteiger partial charge is 0.261 e. The number of hydrogen-bond donors (Lipinski definition) is 3. The third-order valence-electron chi connectivity index (χ3n) is 6.08. The summed E-state index contributed by atoms with van der Waals surface area (Å²) in [4.78, 5) is 26.7. The van der Waals surface area contributed by atoms with Crippen LogP contribution in [-0.4, -0.2) is 28.7 Å². The first-order valence-corrected chi connectivity index (χ1v) is 11.9. The molecule has 0 radical (unpaired) electrons. The van der Waals surface area contributed by atoms with Gasteiger partial charge in [-0.15, -0.1) is 0 Å². The zero-order chi connectivity index (χ0) is 25.9. The molecule has 0 fully saturated rings. The minimum Gasteiger partial charge on any atom is -0.497 e. The van der Waals surface area contributed by atoms with Gasteiger partial charge in [-0.25, -0.2) is 4.68 Å². The van der Waals surface area contributed by atoms with Gasteiger partial charge in [-0.2, -0.15) is 5.10 Å². The van der Waals surface area contributed by atoms with E-state index >= 15 is 0 Å². The number of hydrogen-bond acceptors (Lipinski definition) is 5. The summed E-state index contributed by atoms with van der Waals surface area (Å²) in [5.74, 6) is 0.573. The third-order valence-corrected chi connectivity index (χ3v) is 6.33. The van der Waals surface area contributed by atoms with Gasteiger partial charge < -0.3 is 20.7 Å². The van der Waals surface area contributed by atoms with Crippen LogP contribution < -0.4 is 20.7 Å². The molecule has 9 heteroatoms. The number of anilines is 3. The van der Waals surface area contributed by atoms with Crippen LogP contribution in [0.2, 0.25) is 5.02 Å². The molecule has 0 bridgehead atoms. The van der Waals surface area contributed by atoms with Crippen LogP contribution in [0.5, 0.6) is 5.75 Å². The molecular weight excluding hydrogens is 490 g/mol. The number of methoxy groups -OCH3 is 1. The lowest BCUT2D eigenvalue weighted by Crippen LogP contribution is -2.32. The molecule has 0 unspecified atom stereocenters. The second-order valence-corrected chi connectivity index (χ2v) is 8.91. The number of rotatable bonds is 6. The zero-order valence-corrected chi connectivity index (χ0v) is 20.9. The number of benzene rings is 3. The Morgan fingerprint density at radius 3 is 2.24 bits per heavy atom. The van der Waals surface area contributed by atoms with Crippen LogP contribution in [-0.2, 0) is 4.79 Å². The minimum atomic E-state index is -0.590. The maximum Gasteiger partial charge on any atom is 0.261 e. The van der Waals surface area contributed by atoms with Gasteiger partial charge in [0.2, 0.25) is 0 Å². The number of nitrogens with zero attached hydrogens (tertiary/aromatic N) is 2. The standard InChI is InChI=1S/C28H24ClN5O3/c1-17-24(28(36)33-21-12-10-19(29)11-13-21)25(18-8-14-22(37-2)15-9-18)34-26(31-17)23(16-30-34)27(35)32-20-6-4-3-5-7-20/h3-16,25,31H,1-2H3,(H,32,35)(H,33,36)/t25-/m0/s1. The first kappa shape index (κ1) is 24.1. The minimum absolute atomic E-state index is 0.301. The van der Waals surface area contributed by atoms with E-state index in [2.05, 4.69) is 21.0 Å². The van der Waals surface area contributed by atoms with Crippen molar-refractivity contribution in [1.29, 1.82) is 0 Å². The number of nitrogens with one attached hydrogen (secondary N) is 3. The first-order valence-electron chi connectivity index (χ1n) is 11.6. The second kappa shape index (κ2) is 10.2. The van der Waals surface area contributed by atoms with E-state index in [0.717, 1.165) is 5.56 Å². The van der Waals surface area contributed by atoms with Crippen molar-refractivity contribution < 1.29 is 14.3 Å². The molecule has 4 aromatic rings. The molecule has 8 nitrogen and oxygen atoms in total. The van der Waals surface area contributed by atoms with Gasteiger partial charge in [0.25, 0.3) is 11.8 Å². The molecule has 2 amide bonds. The molecule has 3 N–H and O–H groups in total. The molecule has 37 heavy (non-hydrogen) atoms. The number of ether oxygens (including phenoxy) is 1. The Balaban J connectivity index is 1.54. The van der Waals surface area contributed by atoms with E-state index in [1.165, 1.54) is 6.20 Å². The van der Waals surface area contributed by atoms with E-state index in [1.54, 1.807) is 36.1 Å². The molecule has 0 saturated heterocycles. The van der Waals surface area contributed by atoms with E-state index in [4.69, 9.17) is 16.3 Å². The quantitative estimate of drug-likeness (QED) is 0.306. The van der Waals surface area contributed by atoms with Gasteiger partial charge in [0.15, 0.2) is 0 Å². The third kappa shape index (κ3) is 4.92. The lowest BCUT2D eigenvalue weighted by molar-refractivity contribution is -0.113. The predicted molar refractivity (Wildman–Crippen MR) is 144 cm³/mol. The number of allylic oxidation sites excluding steroid dienone is 1. The fourth-order valence-electron chi connectivity index (χ4n) is 4.26. The van der Waals surface area contributed by atoms with Crippen molar-refractivity contribution in [3.05, 3.63) is 112 Å². The highest BCUT2D eigenvalue weighted by atomic mass is 35.5. The SMILES string of the molecule is COc1ccc([C@H]2C(C(=O)Nc3ccc(Cl)cc3)=C(C)Nc3c(C(=O)Nc4ccccc4)cnn32)cc1. The van der Waals surface area contributed by atoms with Crippen molar-refractivity contribution in [1.82, 2.24) is 9.78 Å². The van der Waals surface area contributed by atoms with Crippen LogP contribution in [0.4, 0.5) is 17.2 Å². The van der Waals surface area contributed by atoms with Gasteiger partial charge in [-0.3, -0.25) is 9.59 Å². The van der Waals surface area contributed by atoms with E-state index < -0.39 is 6.04 Å². The molecule has 0 aliphatic carbocycles. The Hall–Kier alpha value is -4.56. The van der Waals surface area contributed by atoms with Gasteiger partial charge in [-0.05, 0) is 61.0 Å². The summed E-state index contributed by atoms with van der Waals surface area (Å²) < 4.78 is 6.97. The van der Waals surface area contributed by atoms with Crippen LogP contribution in [0.15, 0.2) is 96.3 Å². The average molecular weight is 514 g/mol. The molecule has 3 aromatic carbocycles. The van der Waals surface area contributed by atoms with Crippen molar-refractivity contribution in [2.24, 2.45) is 0 Å². The topological polar surface area (TPSA) is 97.3 Å². The maximum absolute atomic E-state index is 13.6. The fourth-order valence-corrected chi connectivity index (χ4v) is 4.39. The van der Waals surface area contributed by atoms with Crippen molar-refractivity contribution in [3.8, 4) is 5.75 Å². The van der Waals surface area contributed by atoms with Crippen molar-refractivity contribution in [3.63, 3.8) is 0 Å². The molecule has 1 atom stereocenters. The fraction of sp³-hybridized carbons (Fsp3) is 0.107. The largest absolute Gasteiger partial charge is 0.497 e. The molecule has 186 valence electrons. The molecule has 0 spiro atoms. The Morgan fingerprint density at radius 1 is 0.919 bits per heavy atom. The zero-order valence-electron chi connectivity index (χ0n) is 20.2. The monoisotopic (exact) mass is 513 g/mol. The number of amides is 2. The molecule has 5 rings (SSSR count). The number of para-hydroxylation sites is 1. The van der Waals surface area contributed by atoms with Gasteiger partial charge in [0, 0.05) is 22.1 Å². The highest BCUT2D eigenvalue weighted by Gasteiger charge is 2.35. The van der Waals surface area contributed by atoms with E-state index in [-0.39, 0.29) is 11.8 Å². The van der Waals surface area contributed by atoms with Crippen LogP contribution >= 0.6 is 11.6 Å². The Labute approximate surface area is 218 Å². The van der Waals surface area contributed by atoms with Crippen molar-refractivity contribution in [2.45, 2.75) is 13.0 Å². The van der Waals surface area contributed by atoms with Crippen molar-refractivity contribution >= 4 is 40.6 Å². The maximum atomic E-state index is 13.6. The van der Waals surface area contributed by atoms with Gasteiger partial charge in [0.05, 0.1) is 18.9 Å². The van der Waals surface area contributed by atoms with Crippen LogP contribution in [0.1, 0.15) is 28.9 Å². The summed E-state index contributed by atoms with van der Waals surface area (Å²) in [7, 11) is 1.60. The van der Waals surface area contributed by atoms with E-state index in [9.17, 15) is 9.59 Å². The average Bonchev–Trinajstić information content (AvgIpc) is 3.33. The van der Waals surface area contributed by atoms with E-state index in [0.29, 0.717) is 44.8 Å². The number of aromatic nitrogens is 2. The molecule has 2 heterocycles. The molecule has 1 aliphatic heterocycles. The first-order chi connectivity index (χ1) is 17.9. The predicted octanol–water partition coefficient (Wildman–Crippen LogP) is 5.73. The second-order valence-electron chi connectivity index (χ2n) is 8.47. The summed E-state index contributed by atoms with van der Waals surface area (Å²) in [5, 5.41) is 14.2. The molecule has 1 aromatic heterocycles. The summed E-state index contributed by atoms with van der Waals surface area (Å²) >= 11 is 6.00. The lowest BCUT2D eigenvalue weighted by atomic mass is 9.94. The van der Waals surface area contributed by atoms with Gasteiger partial charge in [-0.1, -0.05) is 41.9 Å². The Kier molecular flexibility index (Phi) is 6.66. The van der Waals surface area contributed by atoms with Gasteiger partial charge in [0.1, 0.15) is 23.2 Å². The van der Waals surface area contributed by atoms with Crippen LogP contribution in [0, 0.1) is 0 Å². The van der Waals surface area contributed by atoms with Crippen molar-refractivity contribution in [2.75, 3.05) is 23.1 Å². The highest BCUT2D eigenvalue weighted by Crippen LogP contribution is 2.38. The Bertz CT molecular complexity index is 1480. The van der Waals surface area contributed by atoms with Crippen LogP contribution in [0.25, 0.3) is 0 Å². The Morgan fingerprint density at radius 2 is 1.57 bits per heavy atom. The normalized spacial score (nSPS) is 14.4. The number of halogens is 1. The summed E-state index contributed by atoms with van der Waals surface area (Å²) in [6, 6.07) is 22.9. The number of carbonyl (C=O) groups excluding carboxylic acids is 2. The lowest BCUT2D eigenvalue weighted by Gasteiger charge is -2.30. The molecular formula is C28H24ClN5O3. The van der Waals surface area contributed by atoms with E-state index in [1.807, 2.05) is 61.5 Å². The molecule has 0 saturated carbocycles. The highest BCUT2D eigenvalue weighted by molar-refractivity contribution is 6.30. The molecule has 1 aliphatic rings. The summed E-state index contributed by atoms with van der Waals surface area (Å²) in [5.41, 5.74) is 3.52. The number of fused-ring (bicyclic) bond motifs is 1. The summed E-state index contributed by atoms with van der Waals surface area (Å²) in [6.07, 6.45) is 1.50. The number of carbonyl (C=O) groups is 2. The van der Waals surface area contributed by atoms with Crippen LogP contribution in [0.3, 0.4) is 0 Å². The van der Waals surface area contributed by atoms with Gasteiger partial charge >= 0.3 is 0 Å². The summed E-state index contributed by atoms with van der Waals surface area (Å²) in [6.45, 7) is 1.81.